The fourth-order valence-corrected chi connectivity index (χ4v) is 5.39. The Labute approximate surface area is 220 Å². The van der Waals surface area contributed by atoms with Gasteiger partial charge in [0, 0.05) is 18.1 Å². The van der Waals surface area contributed by atoms with Gasteiger partial charge in [-0.05, 0) is 68.0 Å². The Kier molecular flexibility index (Phi) is 10.2. The van der Waals surface area contributed by atoms with Crippen molar-refractivity contribution in [3.63, 3.8) is 0 Å². The number of ether oxygens (including phenoxy) is 1. The summed E-state index contributed by atoms with van der Waals surface area (Å²) in [6, 6.07) is 2.80. The minimum Gasteiger partial charge on any atom is -0.432 e. The quantitative estimate of drug-likeness (QED) is 0.239. The van der Waals surface area contributed by atoms with Gasteiger partial charge in [0.05, 0.1) is 17.0 Å². The molecule has 0 saturated heterocycles. The van der Waals surface area contributed by atoms with Crippen molar-refractivity contribution < 1.29 is 36.6 Å². The lowest BCUT2D eigenvalue weighted by Crippen LogP contribution is -2.56. The summed E-state index contributed by atoms with van der Waals surface area (Å²) in [5, 5.41) is 18.3. The summed E-state index contributed by atoms with van der Waals surface area (Å²) in [7, 11) is -3.48. The van der Waals surface area contributed by atoms with Crippen molar-refractivity contribution in [1.82, 2.24) is 16.0 Å². The minimum atomic E-state index is -3.69. The van der Waals surface area contributed by atoms with Gasteiger partial charge in [0.1, 0.15) is 12.3 Å². The molecular formula is C24H35F2N3O6S2. The van der Waals surface area contributed by atoms with Crippen LogP contribution < -0.4 is 20.7 Å². The molecule has 4 N–H and O–H groups in total. The van der Waals surface area contributed by atoms with Gasteiger partial charge in [0.15, 0.2) is 15.9 Å². The molecule has 2 unspecified atom stereocenters. The zero-order chi connectivity index (χ0) is 27.2. The number of thioether (sulfide) groups is 1. The van der Waals surface area contributed by atoms with Crippen LogP contribution in [0.15, 0.2) is 29.2 Å². The Balaban J connectivity index is 1.58. The molecule has 0 aliphatic heterocycles. The maximum Gasteiger partial charge on any atom is 0.410 e. The van der Waals surface area contributed by atoms with Crippen molar-refractivity contribution >= 4 is 33.4 Å². The average molecular weight is 564 g/mol. The van der Waals surface area contributed by atoms with Crippen LogP contribution >= 0.6 is 11.8 Å². The topological polar surface area (TPSA) is 134 Å². The van der Waals surface area contributed by atoms with Gasteiger partial charge >= 0.3 is 6.11 Å². The van der Waals surface area contributed by atoms with Crippen LogP contribution in [0.4, 0.5) is 8.78 Å². The Morgan fingerprint density at radius 1 is 1.16 bits per heavy atom. The van der Waals surface area contributed by atoms with Crippen LogP contribution in [-0.4, -0.2) is 80.0 Å². The highest BCUT2D eigenvalue weighted by molar-refractivity contribution is 7.99. The fraction of sp³-hybridized carbons (Fsp3) is 0.667. The molecule has 0 spiro atoms. The predicted octanol–water partition coefficient (Wildman–Crippen LogP) is 1.70. The molecule has 13 heteroatoms. The van der Waals surface area contributed by atoms with E-state index in [1.54, 1.807) is 6.92 Å². The number of hydrogen-bond donors (Lipinski definition) is 4. The van der Waals surface area contributed by atoms with E-state index in [1.165, 1.54) is 23.9 Å². The number of rotatable bonds is 16. The lowest BCUT2D eigenvalue weighted by molar-refractivity contribution is -0.172. The molecule has 0 radical (unpaired) electrons. The molecule has 1 aromatic carbocycles. The minimum absolute atomic E-state index is 0.0239. The number of carbonyl (C=O) groups is 2. The number of carbonyl (C=O) groups excluding carboxylic acids is 2. The first-order chi connectivity index (χ1) is 17.4. The van der Waals surface area contributed by atoms with E-state index >= 15 is 0 Å². The van der Waals surface area contributed by atoms with E-state index in [-0.39, 0.29) is 28.9 Å². The molecule has 9 nitrogen and oxygen atoms in total. The summed E-state index contributed by atoms with van der Waals surface area (Å²) < 4.78 is 57.0. The SMILES string of the molecule is CC[C@H](NC(=O)C(CSCC1CC1)NCC(F)(F)Oc1ccc(S(C)(=O)=O)cc1)C(O)C(=O)NC1CC1. The zero-order valence-electron chi connectivity index (χ0n) is 20.9. The van der Waals surface area contributed by atoms with Crippen LogP contribution in [-0.2, 0) is 19.4 Å². The van der Waals surface area contributed by atoms with E-state index < -0.39 is 52.5 Å². The third kappa shape index (κ3) is 10.0. The molecular weight excluding hydrogens is 528 g/mol. The van der Waals surface area contributed by atoms with Crippen LogP contribution in [0, 0.1) is 5.92 Å². The van der Waals surface area contributed by atoms with Gasteiger partial charge in [-0.15, -0.1) is 0 Å². The summed E-state index contributed by atoms with van der Waals surface area (Å²) >= 11 is 1.48. The largest absolute Gasteiger partial charge is 0.432 e. The maximum absolute atomic E-state index is 14.6. The van der Waals surface area contributed by atoms with Gasteiger partial charge in [-0.25, -0.2) is 8.42 Å². The lowest BCUT2D eigenvalue weighted by Gasteiger charge is -2.27. The number of amides is 2. The van der Waals surface area contributed by atoms with Gasteiger partial charge in [0.2, 0.25) is 5.91 Å². The standard InChI is InChI=1S/C24H35F2N3O6S2/c1-3-19(21(30)23(32)28-16-6-7-16)29-22(31)20(13-36-12-15-4-5-15)27-14-24(25,26)35-17-8-10-18(11-9-17)37(2,33)34/h8-11,15-16,19-21,27,30H,3-7,12-14H2,1-2H3,(H,28,32)(H,29,31)/t19-,20?,21?/m0/s1. The molecule has 2 aliphatic rings. The summed E-state index contributed by atoms with van der Waals surface area (Å²) in [6.45, 7) is 0.726. The second kappa shape index (κ2) is 12.7. The molecule has 2 fully saturated rings. The molecule has 0 aromatic heterocycles. The van der Waals surface area contributed by atoms with E-state index in [0.717, 1.165) is 49.8 Å². The highest BCUT2D eigenvalue weighted by Crippen LogP contribution is 2.32. The van der Waals surface area contributed by atoms with E-state index in [0.29, 0.717) is 5.92 Å². The highest BCUT2D eigenvalue weighted by atomic mass is 32.2. The molecule has 2 saturated carbocycles. The molecule has 0 heterocycles. The Morgan fingerprint density at radius 3 is 2.35 bits per heavy atom. The maximum atomic E-state index is 14.6. The fourth-order valence-electron chi connectivity index (χ4n) is 3.45. The van der Waals surface area contributed by atoms with Crippen molar-refractivity contribution in [2.45, 2.75) is 74.3 Å². The highest BCUT2D eigenvalue weighted by Gasteiger charge is 2.36. The van der Waals surface area contributed by atoms with Gasteiger partial charge in [0.25, 0.3) is 5.91 Å². The van der Waals surface area contributed by atoms with Gasteiger partial charge in [-0.1, -0.05) is 6.92 Å². The van der Waals surface area contributed by atoms with Crippen molar-refractivity contribution in [2.75, 3.05) is 24.3 Å². The van der Waals surface area contributed by atoms with Crippen LogP contribution in [0.2, 0.25) is 0 Å². The van der Waals surface area contributed by atoms with Crippen molar-refractivity contribution in [3.05, 3.63) is 24.3 Å². The van der Waals surface area contributed by atoms with Crippen molar-refractivity contribution in [2.24, 2.45) is 5.92 Å². The molecule has 2 amide bonds. The van der Waals surface area contributed by atoms with Crippen molar-refractivity contribution in [3.8, 4) is 5.75 Å². The second-order valence-electron chi connectivity index (χ2n) is 9.65. The van der Waals surface area contributed by atoms with Crippen LogP contribution in [0.5, 0.6) is 5.75 Å². The number of hydrogen-bond acceptors (Lipinski definition) is 8. The summed E-state index contributed by atoms with van der Waals surface area (Å²) in [5.41, 5.74) is 0. The molecule has 3 rings (SSSR count). The van der Waals surface area contributed by atoms with Crippen molar-refractivity contribution in [1.29, 1.82) is 0 Å². The van der Waals surface area contributed by atoms with Crippen LogP contribution in [0.1, 0.15) is 39.0 Å². The van der Waals surface area contributed by atoms with Gasteiger partial charge in [-0.3, -0.25) is 14.9 Å². The molecule has 2 aliphatic carbocycles. The van der Waals surface area contributed by atoms with E-state index in [2.05, 4.69) is 16.0 Å². The first kappa shape index (κ1) is 29.6. The number of aliphatic hydroxyl groups excluding tert-OH is 1. The second-order valence-corrected chi connectivity index (χ2v) is 12.7. The zero-order valence-corrected chi connectivity index (χ0v) is 22.5. The number of aliphatic hydroxyl groups is 1. The van der Waals surface area contributed by atoms with Crippen LogP contribution in [0.3, 0.4) is 0 Å². The van der Waals surface area contributed by atoms with E-state index in [1.807, 2.05) is 0 Å². The van der Waals surface area contributed by atoms with Gasteiger partial charge in [-0.2, -0.15) is 20.5 Å². The molecule has 3 atom stereocenters. The van der Waals surface area contributed by atoms with E-state index in [9.17, 15) is 31.9 Å². The number of benzene rings is 1. The first-order valence-electron chi connectivity index (χ1n) is 12.3. The predicted molar refractivity (Wildman–Crippen MR) is 136 cm³/mol. The van der Waals surface area contributed by atoms with E-state index in [4.69, 9.17) is 4.74 Å². The summed E-state index contributed by atoms with van der Waals surface area (Å²) in [4.78, 5) is 25.2. The number of sulfone groups is 1. The monoisotopic (exact) mass is 563 g/mol. The molecule has 1 aromatic rings. The lowest BCUT2D eigenvalue weighted by atomic mass is 10.1. The van der Waals surface area contributed by atoms with Crippen LogP contribution in [0.25, 0.3) is 0 Å². The average Bonchev–Trinajstić information content (AvgIpc) is 3.75. The third-order valence-corrected chi connectivity index (χ3v) is 8.47. The Morgan fingerprint density at radius 2 is 1.81 bits per heavy atom. The smallest absolute Gasteiger partial charge is 0.410 e. The number of halogens is 2. The summed E-state index contributed by atoms with van der Waals surface area (Å²) in [6.07, 6.45) is 0.0661. The number of nitrogens with one attached hydrogen (secondary N) is 3. The Bertz CT molecular complexity index is 1030. The molecule has 0 bridgehead atoms. The number of alkyl halides is 2. The third-order valence-electron chi connectivity index (χ3n) is 6.07. The first-order valence-corrected chi connectivity index (χ1v) is 15.4. The Hall–Kier alpha value is -1.96. The molecule has 208 valence electrons. The normalized spacial score (nSPS) is 18.5. The van der Waals surface area contributed by atoms with Gasteiger partial charge < -0.3 is 20.5 Å². The molecule has 37 heavy (non-hydrogen) atoms. The summed E-state index contributed by atoms with van der Waals surface area (Å²) in [5.74, 6) is 0.228.